The Labute approximate surface area is 750 Å². The van der Waals surface area contributed by atoms with E-state index in [-0.39, 0.29) is 43.6 Å². The number of aromatic nitrogens is 4. The van der Waals surface area contributed by atoms with Crippen LogP contribution in [0.1, 0.15) is 117 Å². The number of hydroxylamine groups is 1. The number of aryl methyl sites for hydroxylation is 12. The number of carbonyl (C=O) groups is 1. The van der Waals surface area contributed by atoms with Gasteiger partial charge in [0.1, 0.15) is 44.8 Å². The van der Waals surface area contributed by atoms with Crippen LogP contribution >= 0.6 is 74.4 Å². The maximum atomic E-state index is 14.0. The van der Waals surface area contributed by atoms with Gasteiger partial charge in [0.25, 0.3) is 19.2 Å². The number of piperazine rings is 1. The van der Waals surface area contributed by atoms with Crippen molar-refractivity contribution in [1.82, 2.24) is 30.0 Å². The number of hydrazone groups is 1. The molecule has 122 heavy (non-hydrogen) atoms. The van der Waals surface area contributed by atoms with Gasteiger partial charge in [0, 0.05) is 88.8 Å². The summed E-state index contributed by atoms with van der Waals surface area (Å²) in [7, 11) is -10.3. The maximum Gasteiger partial charge on any atom is 0.432 e. The normalized spacial score (nSPS) is 14.8. The van der Waals surface area contributed by atoms with Crippen LogP contribution in [0.4, 0.5) is 19.4 Å². The third kappa shape index (κ3) is 29.5. The van der Waals surface area contributed by atoms with E-state index in [0.29, 0.717) is 69.1 Å². The third-order valence-corrected chi connectivity index (χ3v) is 25.6. The first-order valence-electron chi connectivity index (χ1n) is 37.0. The Balaban J connectivity index is 0.000000230. The molecule has 5 aromatic carbocycles. The summed E-state index contributed by atoms with van der Waals surface area (Å²) >= 11 is 13.3. The van der Waals surface area contributed by atoms with Gasteiger partial charge in [-0.2, -0.15) is 66.9 Å². The van der Waals surface area contributed by atoms with Crippen molar-refractivity contribution in [1.29, 1.82) is 15.8 Å². The molecule has 13 rings (SSSR count). The molecule has 4 aromatic heterocycles. The van der Waals surface area contributed by atoms with Crippen molar-refractivity contribution in [2.24, 2.45) is 22.8 Å². The highest BCUT2D eigenvalue weighted by molar-refractivity contribution is 9.11. The molecule has 6 N–H and O–H groups in total. The molecule has 650 valence electrons. The van der Waals surface area contributed by atoms with E-state index in [1.54, 1.807) is 160 Å². The molecule has 7 heterocycles. The average molecular weight is 2030 g/mol. The number of rotatable bonds is 12. The monoisotopic (exact) mass is 2020 g/mol. The number of allylic oxidation sites excluding steroid dienone is 3. The second-order valence-corrected chi connectivity index (χ2v) is 40.0. The van der Waals surface area contributed by atoms with Gasteiger partial charge < -0.3 is 9.64 Å². The lowest BCUT2D eigenvalue weighted by Gasteiger charge is -2.35. The van der Waals surface area contributed by atoms with E-state index in [9.17, 15) is 52.5 Å². The molecule has 3 aliphatic heterocycles. The van der Waals surface area contributed by atoms with E-state index in [4.69, 9.17) is 47.2 Å². The Kier molecular flexibility index (Phi) is 37.0. The number of nitrogens with two attached hydrogens (primary N) is 2. The lowest BCUT2D eigenvalue weighted by Crippen LogP contribution is -2.46. The zero-order chi connectivity index (χ0) is 91.4. The first-order chi connectivity index (χ1) is 56.9. The maximum absolute atomic E-state index is 14.0. The molecular weight excluding hydrogens is 1930 g/mol. The first-order valence-corrected chi connectivity index (χ1v) is 46.8. The molecule has 1 saturated carbocycles. The fourth-order valence-corrected chi connectivity index (χ4v) is 20.9. The predicted octanol–water partition coefficient (Wildman–Crippen LogP) is 17.2. The molecular formula is C84H94Br4ClF2N14O13S4+. The number of benzene rings is 5. The molecule has 1 amide bonds. The summed E-state index contributed by atoms with van der Waals surface area (Å²) in [6.07, 6.45) is 17.5. The summed E-state index contributed by atoms with van der Waals surface area (Å²) < 4.78 is 149. The number of halogens is 7. The van der Waals surface area contributed by atoms with Crippen LogP contribution in [-0.2, 0) is 59.3 Å². The van der Waals surface area contributed by atoms with Gasteiger partial charge in [0.05, 0.1) is 54.2 Å². The van der Waals surface area contributed by atoms with Crippen LogP contribution in [0, 0.1) is 141 Å². The van der Waals surface area contributed by atoms with Gasteiger partial charge in [0.2, 0.25) is 12.4 Å². The van der Waals surface area contributed by atoms with Crippen LogP contribution < -0.4 is 26.8 Å². The molecule has 2 unspecified atom stereocenters. The fraction of sp³-hybridized carbons (Fsp3) is 0.310. The van der Waals surface area contributed by atoms with Crippen molar-refractivity contribution in [3.8, 4) is 18.2 Å². The van der Waals surface area contributed by atoms with Crippen LogP contribution in [0.3, 0.4) is 0 Å². The number of pyridine rings is 3. The van der Waals surface area contributed by atoms with E-state index in [0.717, 1.165) is 75.7 Å². The molecule has 2 fully saturated rings. The zero-order valence-corrected chi connectivity index (χ0v) is 79.8. The Morgan fingerprint density at radius 3 is 1.58 bits per heavy atom. The van der Waals surface area contributed by atoms with Gasteiger partial charge in [-0.3, -0.25) is 14.5 Å². The van der Waals surface area contributed by atoms with E-state index in [1.165, 1.54) is 47.4 Å². The van der Waals surface area contributed by atoms with Gasteiger partial charge in [-0.1, -0.05) is 94.2 Å². The highest BCUT2D eigenvalue weighted by Crippen LogP contribution is 2.44. The fourth-order valence-electron chi connectivity index (χ4n) is 13.5. The molecule has 9 aromatic rings. The largest absolute Gasteiger partial charge is 0.442 e. The number of ether oxygens (including phenoxy) is 1. The van der Waals surface area contributed by atoms with Crippen molar-refractivity contribution in [3.63, 3.8) is 0 Å². The summed E-state index contributed by atoms with van der Waals surface area (Å²) in [4.78, 5) is 20.9. The number of hydrogen-bond acceptors (Lipinski definition) is 23. The molecule has 0 spiro atoms. The molecule has 2 atom stereocenters. The second kappa shape index (κ2) is 44.4. The lowest BCUT2D eigenvalue weighted by molar-refractivity contribution is -0.640. The standard InChI is InChI=1S/C27H26F2N6.C14H21NO5S.C9H11ClO2S.C9H13NO3S.C9H12O3S.C8H3Br2N3.C5H5Br2N2.C3H3N/c28-24-2-1-3-25(29)23(24)17-33-8-10-34(11-9-33)26-7-6-19(14-31-26)22-12-20(18-4-5-18)16-35-27(22)21(13-30)15-32-35;1-9-7-10(2)12(11(3)8-9)21(17,18)20-15-13(16)19-14(4,5)6;1-6-4-7(2)9(8(3)5-6)13(10,11)12;1-6-4-7(2)9(8(3)5-6)14(11,12)13-10;1-6-4-7(2)9(8(3)5-6)13(10,11)12;9-6-1-7(10)8-5(2-11)3-12-13(8)4-6;6-4-1-5(7)3-9(8)2-4;1-2-3-4/h1-3,6-7,12,14-16,18,21,27H,4-5,8-11,17H2;7-8H,1-6H3,(H,15,16);4-5H,1-3H3;4-5H,10H2,1-3H3;4-5H,1-3H3,(H,10,11,12);1,3-4H;1-3H,8H2;2H,1H2/q;;;;;;+1;. The van der Waals surface area contributed by atoms with Gasteiger partial charge >= 0.3 is 26.3 Å². The summed E-state index contributed by atoms with van der Waals surface area (Å²) in [5.74, 6) is 10.3. The Morgan fingerprint density at radius 1 is 0.697 bits per heavy atom. The number of hydrogen-bond donors (Lipinski definition) is 4. The smallest absolute Gasteiger partial charge is 0.432 e. The van der Waals surface area contributed by atoms with Crippen LogP contribution in [0.2, 0.25) is 0 Å². The number of nitriles is 3. The van der Waals surface area contributed by atoms with E-state index in [1.807, 2.05) is 69.2 Å². The van der Waals surface area contributed by atoms with Crippen LogP contribution in [0.15, 0.2) is 195 Å². The highest BCUT2D eigenvalue weighted by atomic mass is 79.9. The van der Waals surface area contributed by atoms with Crippen molar-refractivity contribution < 1.29 is 69.8 Å². The highest BCUT2D eigenvalue weighted by Gasteiger charge is 2.39. The van der Waals surface area contributed by atoms with E-state index < -0.39 is 62.7 Å². The molecule has 1 aliphatic carbocycles. The van der Waals surface area contributed by atoms with Crippen LogP contribution in [0.5, 0.6) is 0 Å². The Morgan fingerprint density at radius 2 is 1.17 bits per heavy atom. The number of anilines is 1. The molecule has 0 radical (unpaired) electrons. The summed E-state index contributed by atoms with van der Waals surface area (Å²) in [6, 6.07) is 32.1. The van der Waals surface area contributed by atoms with Gasteiger partial charge in [-0.25, -0.2) is 37.3 Å². The third-order valence-electron chi connectivity index (χ3n) is 18.1. The quantitative estimate of drug-likeness (QED) is 0.0220. The van der Waals surface area contributed by atoms with E-state index in [2.05, 4.69) is 129 Å². The Bertz CT molecular complexity index is 5840. The summed E-state index contributed by atoms with van der Waals surface area (Å²) in [5.41, 5.74) is 14.9. The lowest BCUT2D eigenvalue weighted by atomic mass is 9.87. The van der Waals surface area contributed by atoms with Crippen molar-refractivity contribution in [2.45, 2.75) is 154 Å². The summed E-state index contributed by atoms with van der Waals surface area (Å²) in [5, 5.41) is 36.4. The predicted molar refractivity (Wildman–Crippen MR) is 479 cm³/mol. The van der Waals surface area contributed by atoms with Crippen LogP contribution in [-0.4, -0.2) is 113 Å². The molecule has 38 heteroatoms. The number of amides is 1. The van der Waals surface area contributed by atoms with Crippen molar-refractivity contribution in [3.05, 3.63) is 265 Å². The van der Waals surface area contributed by atoms with Gasteiger partial charge in [0.15, 0.2) is 0 Å². The van der Waals surface area contributed by atoms with Crippen LogP contribution in [0.25, 0.3) is 11.1 Å². The number of nitrogens with one attached hydrogen (secondary N) is 1. The minimum Gasteiger partial charge on any atom is -0.442 e. The average Bonchev–Trinajstić information content (AvgIpc) is 1.59. The number of nitrogen functional groups attached to an aromatic ring is 1. The van der Waals surface area contributed by atoms with Crippen molar-refractivity contribution >= 4 is 143 Å². The van der Waals surface area contributed by atoms with Crippen molar-refractivity contribution in [2.75, 3.05) is 36.9 Å². The number of nitrogens with zero attached hydrogens (tertiary/aromatic N) is 11. The van der Waals surface area contributed by atoms with Gasteiger partial charge in [-0.05, 0) is 284 Å². The minimum absolute atomic E-state index is 0.0260. The topological polar surface area (TPSA) is 393 Å². The number of carbonyl (C=O) groups excluding carboxylic acids is 1. The molecule has 27 nitrogen and oxygen atoms in total. The first kappa shape index (κ1) is 102. The molecule has 1 saturated heterocycles. The SMILES string of the molecule is C=CC#N.Cc1cc(C)c(S(=O)(=O)Cl)c(C)c1.Cc1cc(C)c(S(=O)(=O)O)c(C)c1.Cc1cc(C)c(S(=O)(=O)ON)c(C)c1.Cc1cc(C)c(S(=O)(=O)ONC(=O)OC(C)(C)C)c(C)c1.N#CC1C=NN2C=C(C3CC3)C=C(c3ccc(N4CCN(Cc5c(F)cccc5F)CC4)nc3)C12.N#Cc1cnn2cc(Br)cc(Br)c12.N[n+]1cc(Br)cc(Br)c1. The Hall–Kier alpha value is -9.21. The number of fused-ring (bicyclic) bond motifs is 2. The molecule has 0 bridgehead atoms. The van der Waals surface area contributed by atoms with Gasteiger partial charge in [-0.15, -0.1) is 4.28 Å². The van der Waals surface area contributed by atoms with E-state index >= 15 is 0 Å². The second-order valence-electron chi connectivity index (χ2n) is 29.6. The summed E-state index contributed by atoms with van der Waals surface area (Å²) in [6.45, 7) is 32.4. The minimum atomic E-state index is -4.10. The zero-order valence-electron chi connectivity index (χ0n) is 69.4. The molecule has 4 aliphatic rings.